The lowest BCUT2D eigenvalue weighted by molar-refractivity contribution is -0.123. The maximum atomic E-state index is 13.1. The molecule has 0 spiro atoms. The monoisotopic (exact) mass is 473 g/mol. The number of nitrogens with zero attached hydrogens (tertiary/aromatic N) is 1. The minimum Gasteiger partial charge on any atom is -0.497 e. The van der Waals surface area contributed by atoms with Crippen LogP contribution in [0.1, 0.15) is 38.8 Å². The van der Waals surface area contributed by atoms with Gasteiger partial charge in [-0.2, -0.15) is 4.72 Å². The first-order valence-electron chi connectivity index (χ1n) is 10.9. The Balaban J connectivity index is 1.75. The Labute approximate surface area is 195 Å². The highest BCUT2D eigenvalue weighted by Crippen LogP contribution is 2.34. The van der Waals surface area contributed by atoms with Crippen LogP contribution >= 0.6 is 0 Å². The molecule has 2 amide bonds. The topological polar surface area (TPSA) is 105 Å². The van der Waals surface area contributed by atoms with E-state index in [2.05, 4.69) is 10.0 Å². The molecule has 178 valence electrons. The predicted molar refractivity (Wildman–Crippen MR) is 127 cm³/mol. The number of benzene rings is 2. The molecule has 0 radical (unpaired) electrons. The molecule has 2 N–H and O–H groups in total. The van der Waals surface area contributed by atoms with Gasteiger partial charge >= 0.3 is 0 Å². The molecule has 2 unspecified atom stereocenters. The van der Waals surface area contributed by atoms with Gasteiger partial charge in [0.1, 0.15) is 11.8 Å². The van der Waals surface area contributed by atoms with Crippen molar-refractivity contribution in [1.82, 2.24) is 10.0 Å². The standard InChI is InChI=1S/C24H31N3O5S/c1-15(2)23(24(29)25-14-18-7-6-8-20(12-18)32-5)26-33(30,31)21-9-10-22-19(13-21)11-16(3)27(22)17(4)28/h6-10,12-13,15-16,23,26H,11,14H2,1-5H3,(H,25,29). The molecule has 2 aromatic carbocycles. The summed E-state index contributed by atoms with van der Waals surface area (Å²) >= 11 is 0. The van der Waals surface area contributed by atoms with Crippen LogP contribution < -0.4 is 19.7 Å². The van der Waals surface area contributed by atoms with Crippen molar-refractivity contribution in [2.75, 3.05) is 12.0 Å². The second kappa shape index (κ2) is 9.93. The molecule has 2 aromatic rings. The highest BCUT2D eigenvalue weighted by atomic mass is 32.2. The van der Waals surface area contributed by atoms with Crippen molar-refractivity contribution in [3.63, 3.8) is 0 Å². The van der Waals surface area contributed by atoms with Gasteiger partial charge in [0.2, 0.25) is 21.8 Å². The van der Waals surface area contributed by atoms with E-state index < -0.39 is 22.0 Å². The molecule has 0 saturated heterocycles. The Morgan fingerprint density at radius 1 is 1.18 bits per heavy atom. The first kappa shape index (κ1) is 24.7. The van der Waals surface area contributed by atoms with Crippen molar-refractivity contribution in [3.8, 4) is 5.75 Å². The summed E-state index contributed by atoms with van der Waals surface area (Å²) in [6.45, 7) is 7.24. The first-order chi connectivity index (χ1) is 15.5. The lowest BCUT2D eigenvalue weighted by Crippen LogP contribution is -2.49. The van der Waals surface area contributed by atoms with E-state index in [0.717, 1.165) is 16.8 Å². The average Bonchev–Trinajstić information content (AvgIpc) is 3.10. The van der Waals surface area contributed by atoms with Crippen molar-refractivity contribution in [1.29, 1.82) is 0 Å². The summed E-state index contributed by atoms with van der Waals surface area (Å²) in [6.07, 6.45) is 0.576. The fourth-order valence-corrected chi connectivity index (χ4v) is 5.46. The number of sulfonamides is 1. The molecule has 1 heterocycles. The van der Waals surface area contributed by atoms with E-state index in [1.165, 1.54) is 13.0 Å². The summed E-state index contributed by atoms with van der Waals surface area (Å²) in [6, 6.07) is 11.0. The van der Waals surface area contributed by atoms with Crippen molar-refractivity contribution in [2.45, 2.75) is 57.6 Å². The van der Waals surface area contributed by atoms with Crippen LogP contribution in [0.2, 0.25) is 0 Å². The van der Waals surface area contributed by atoms with Gasteiger partial charge in [0, 0.05) is 25.2 Å². The molecule has 0 saturated carbocycles. The van der Waals surface area contributed by atoms with E-state index in [1.807, 2.05) is 31.2 Å². The fourth-order valence-electron chi connectivity index (χ4n) is 4.06. The number of anilines is 1. The van der Waals surface area contributed by atoms with Crippen molar-refractivity contribution in [2.24, 2.45) is 5.92 Å². The molecule has 33 heavy (non-hydrogen) atoms. The van der Waals surface area contributed by atoms with E-state index in [-0.39, 0.29) is 29.3 Å². The summed E-state index contributed by atoms with van der Waals surface area (Å²) < 4.78 is 34.0. The number of rotatable bonds is 8. The van der Waals surface area contributed by atoms with Gasteiger partial charge in [-0.25, -0.2) is 8.42 Å². The zero-order valence-corrected chi connectivity index (χ0v) is 20.4. The number of ether oxygens (including phenoxy) is 1. The first-order valence-corrected chi connectivity index (χ1v) is 12.4. The van der Waals surface area contributed by atoms with Crippen molar-refractivity contribution >= 4 is 27.5 Å². The van der Waals surface area contributed by atoms with Crippen molar-refractivity contribution in [3.05, 3.63) is 53.6 Å². The SMILES string of the molecule is COc1cccc(CNC(=O)C(NS(=O)(=O)c2ccc3c(c2)CC(C)N3C(C)=O)C(C)C)c1. The van der Waals surface area contributed by atoms with Crippen LogP contribution in [0.4, 0.5) is 5.69 Å². The molecule has 1 aliphatic heterocycles. The summed E-state index contributed by atoms with van der Waals surface area (Å²) in [7, 11) is -2.39. The number of hydrogen-bond donors (Lipinski definition) is 2. The summed E-state index contributed by atoms with van der Waals surface area (Å²) in [5, 5.41) is 2.81. The van der Waals surface area contributed by atoms with E-state index in [0.29, 0.717) is 12.2 Å². The molecule has 8 nitrogen and oxygen atoms in total. The van der Waals surface area contributed by atoms with Crippen LogP contribution in [-0.2, 0) is 32.6 Å². The largest absolute Gasteiger partial charge is 0.497 e. The molecule has 0 aliphatic carbocycles. The van der Waals surface area contributed by atoms with Gasteiger partial charge in [-0.15, -0.1) is 0 Å². The number of amides is 2. The second-order valence-corrected chi connectivity index (χ2v) is 10.4. The Kier molecular flexibility index (Phi) is 7.44. The minimum atomic E-state index is -3.95. The lowest BCUT2D eigenvalue weighted by atomic mass is 10.0. The maximum Gasteiger partial charge on any atom is 0.241 e. The van der Waals surface area contributed by atoms with E-state index >= 15 is 0 Å². The van der Waals surface area contributed by atoms with E-state index in [4.69, 9.17) is 4.74 Å². The predicted octanol–water partition coefficient (Wildman–Crippen LogP) is 2.61. The molecule has 3 rings (SSSR count). The number of carbonyl (C=O) groups is 2. The molecular formula is C24H31N3O5S. The minimum absolute atomic E-state index is 0.0331. The van der Waals surface area contributed by atoms with Crippen molar-refractivity contribution < 1.29 is 22.7 Å². The van der Waals surface area contributed by atoms with Gasteiger partial charge < -0.3 is 15.0 Å². The van der Waals surface area contributed by atoms with Gasteiger partial charge in [0.25, 0.3) is 0 Å². The van der Waals surface area contributed by atoms with E-state index in [1.54, 1.807) is 38.0 Å². The Morgan fingerprint density at radius 3 is 2.55 bits per heavy atom. The van der Waals surface area contributed by atoms with Gasteiger partial charge in [-0.1, -0.05) is 26.0 Å². The number of methoxy groups -OCH3 is 1. The Morgan fingerprint density at radius 2 is 1.91 bits per heavy atom. The number of carbonyl (C=O) groups excluding carboxylic acids is 2. The van der Waals surface area contributed by atoms with Crippen LogP contribution in [0.15, 0.2) is 47.4 Å². The molecule has 1 aliphatic rings. The normalized spacial score (nSPS) is 16.4. The highest BCUT2D eigenvalue weighted by molar-refractivity contribution is 7.89. The van der Waals surface area contributed by atoms with Crippen LogP contribution in [0.25, 0.3) is 0 Å². The molecule has 9 heteroatoms. The molecule has 0 bridgehead atoms. The number of fused-ring (bicyclic) bond motifs is 1. The van der Waals surface area contributed by atoms with Crippen LogP contribution in [0, 0.1) is 5.92 Å². The smallest absolute Gasteiger partial charge is 0.241 e. The summed E-state index contributed by atoms with van der Waals surface area (Å²) in [5.41, 5.74) is 2.37. The second-order valence-electron chi connectivity index (χ2n) is 8.64. The Hall–Kier alpha value is -2.91. The molecule has 0 fully saturated rings. The Bertz CT molecular complexity index is 1150. The van der Waals surface area contributed by atoms with E-state index in [9.17, 15) is 18.0 Å². The number of hydrogen-bond acceptors (Lipinski definition) is 5. The third-order valence-corrected chi connectivity index (χ3v) is 7.19. The third-order valence-electron chi connectivity index (χ3n) is 5.75. The summed E-state index contributed by atoms with van der Waals surface area (Å²) in [5.74, 6) is -0.0821. The maximum absolute atomic E-state index is 13.1. The fraction of sp³-hybridized carbons (Fsp3) is 0.417. The van der Waals surface area contributed by atoms with Gasteiger partial charge in [-0.05, 0) is 60.7 Å². The van der Waals surface area contributed by atoms with Crippen LogP contribution in [0.3, 0.4) is 0 Å². The zero-order valence-electron chi connectivity index (χ0n) is 19.6. The number of nitrogens with one attached hydrogen (secondary N) is 2. The average molecular weight is 474 g/mol. The highest BCUT2D eigenvalue weighted by Gasteiger charge is 2.32. The lowest BCUT2D eigenvalue weighted by Gasteiger charge is -2.22. The quantitative estimate of drug-likeness (QED) is 0.613. The molecular weight excluding hydrogens is 442 g/mol. The molecule has 2 atom stereocenters. The van der Waals surface area contributed by atoms with Gasteiger partial charge in [-0.3, -0.25) is 9.59 Å². The third kappa shape index (κ3) is 5.54. The van der Waals surface area contributed by atoms with Crippen LogP contribution in [0.5, 0.6) is 5.75 Å². The van der Waals surface area contributed by atoms with Gasteiger partial charge in [0.05, 0.1) is 12.0 Å². The summed E-state index contributed by atoms with van der Waals surface area (Å²) in [4.78, 5) is 26.5. The van der Waals surface area contributed by atoms with Crippen LogP contribution in [-0.4, -0.2) is 39.4 Å². The zero-order chi connectivity index (χ0) is 24.3. The molecule has 0 aromatic heterocycles. The van der Waals surface area contributed by atoms with Gasteiger partial charge in [0.15, 0.2) is 0 Å².